The first-order chi connectivity index (χ1) is 9.79. The van der Waals surface area contributed by atoms with Gasteiger partial charge in [0, 0.05) is 18.0 Å². The summed E-state index contributed by atoms with van der Waals surface area (Å²) in [5, 5.41) is 12.5. The highest BCUT2D eigenvalue weighted by molar-refractivity contribution is 7.91. The normalized spacial score (nSPS) is 12.0. The first-order valence-electron chi connectivity index (χ1n) is 5.98. The number of nitrogens with zero attached hydrogens (tertiary/aromatic N) is 2. The average molecular weight is 330 g/mol. The summed E-state index contributed by atoms with van der Waals surface area (Å²) in [7, 11) is -2.23. The summed E-state index contributed by atoms with van der Waals surface area (Å²) in [6, 6.07) is 4.60. The van der Waals surface area contributed by atoms with Crippen molar-refractivity contribution >= 4 is 27.3 Å². The zero-order valence-corrected chi connectivity index (χ0v) is 13.1. The van der Waals surface area contributed by atoms with E-state index in [-0.39, 0.29) is 17.2 Å². The second kappa shape index (κ2) is 5.96. The van der Waals surface area contributed by atoms with Crippen molar-refractivity contribution in [2.45, 2.75) is 24.1 Å². The van der Waals surface area contributed by atoms with Crippen molar-refractivity contribution in [3.63, 3.8) is 0 Å². The molecule has 9 heteroatoms. The van der Waals surface area contributed by atoms with Crippen LogP contribution in [0.4, 0.5) is 0 Å². The third kappa shape index (κ3) is 3.69. The summed E-state index contributed by atoms with van der Waals surface area (Å²) in [6.07, 6.45) is -0.188. The second-order valence-corrected chi connectivity index (χ2v) is 7.92. The van der Waals surface area contributed by atoms with Crippen LogP contribution in [0.3, 0.4) is 0 Å². The Bertz CT molecular complexity index is 747. The molecule has 0 unspecified atom stereocenters. The summed E-state index contributed by atoms with van der Waals surface area (Å²) < 4.78 is 30.9. The molecular formula is C12H14N2O5S2. The highest BCUT2D eigenvalue weighted by Gasteiger charge is 2.24. The standard InChI is InChI=1S/C12H14N2O5S2/c1-8-5-9(13-19-8)7-14(2)21(17,18)12-4-3-10(20-12)6-11(15)16/h3-5H,6-7H2,1-2H3,(H,15,16). The Hall–Kier alpha value is -1.71. The molecule has 2 rings (SSSR count). The van der Waals surface area contributed by atoms with Gasteiger partial charge in [-0.3, -0.25) is 4.79 Å². The third-order valence-electron chi connectivity index (χ3n) is 2.69. The summed E-state index contributed by atoms with van der Waals surface area (Å²) >= 11 is 0.958. The van der Waals surface area contributed by atoms with Crippen molar-refractivity contribution < 1.29 is 22.8 Å². The molecule has 0 aromatic carbocycles. The minimum Gasteiger partial charge on any atom is -0.481 e. The van der Waals surface area contributed by atoms with Crippen LogP contribution in [0, 0.1) is 6.92 Å². The van der Waals surface area contributed by atoms with E-state index in [1.807, 2.05) is 0 Å². The fourth-order valence-corrected chi connectivity index (χ4v) is 4.40. The molecule has 0 aliphatic heterocycles. The molecule has 21 heavy (non-hydrogen) atoms. The number of aryl methyl sites for hydroxylation is 1. The van der Waals surface area contributed by atoms with Gasteiger partial charge in [0.15, 0.2) is 0 Å². The fraction of sp³-hybridized carbons (Fsp3) is 0.333. The van der Waals surface area contributed by atoms with Gasteiger partial charge in [-0.05, 0) is 19.1 Å². The molecule has 2 heterocycles. The van der Waals surface area contributed by atoms with Crippen molar-refractivity contribution in [3.8, 4) is 0 Å². The van der Waals surface area contributed by atoms with Crippen LogP contribution in [0.15, 0.2) is 26.9 Å². The van der Waals surface area contributed by atoms with Crippen molar-refractivity contribution in [3.05, 3.63) is 34.5 Å². The van der Waals surface area contributed by atoms with E-state index in [4.69, 9.17) is 9.63 Å². The Balaban J connectivity index is 2.16. The second-order valence-electron chi connectivity index (χ2n) is 4.48. The van der Waals surface area contributed by atoms with Crippen molar-refractivity contribution in [2.75, 3.05) is 7.05 Å². The fourth-order valence-electron chi connectivity index (χ4n) is 1.70. The van der Waals surface area contributed by atoms with Gasteiger partial charge in [0.05, 0.1) is 18.7 Å². The average Bonchev–Trinajstić information content (AvgIpc) is 2.98. The van der Waals surface area contributed by atoms with Crippen molar-refractivity contribution in [1.82, 2.24) is 9.46 Å². The number of hydrogen-bond acceptors (Lipinski definition) is 6. The van der Waals surface area contributed by atoms with Crippen LogP contribution >= 0.6 is 11.3 Å². The van der Waals surface area contributed by atoms with Gasteiger partial charge in [-0.25, -0.2) is 8.42 Å². The van der Waals surface area contributed by atoms with Crippen LogP contribution in [-0.2, 0) is 27.8 Å². The van der Waals surface area contributed by atoms with Crippen LogP contribution < -0.4 is 0 Å². The molecule has 0 saturated heterocycles. The molecule has 0 atom stereocenters. The van der Waals surface area contributed by atoms with Crippen LogP contribution in [0.1, 0.15) is 16.3 Å². The molecule has 0 aliphatic rings. The number of rotatable bonds is 6. The van der Waals surface area contributed by atoms with Gasteiger partial charge in [0.2, 0.25) is 0 Å². The number of sulfonamides is 1. The molecule has 2 aromatic rings. The molecule has 1 N–H and O–H groups in total. The maximum atomic E-state index is 12.4. The van der Waals surface area contributed by atoms with E-state index in [1.165, 1.54) is 19.2 Å². The van der Waals surface area contributed by atoms with E-state index in [2.05, 4.69) is 5.16 Å². The summed E-state index contributed by atoms with van der Waals surface area (Å²) in [4.78, 5) is 11.1. The molecule has 0 aliphatic carbocycles. The number of thiophene rings is 1. The van der Waals surface area contributed by atoms with Crippen LogP contribution in [-0.4, -0.2) is 36.0 Å². The lowest BCUT2D eigenvalue weighted by Gasteiger charge is -2.14. The van der Waals surface area contributed by atoms with Gasteiger partial charge in [0.1, 0.15) is 9.97 Å². The van der Waals surface area contributed by atoms with Gasteiger partial charge < -0.3 is 9.63 Å². The van der Waals surface area contributed by atoms with Crippen molar-refractivity contribution in [1.29, 1.82) is 0 Å². The predicted molar refractivity (Wildman–Crippen MR) is 75.6 cm³/mol. The molecule has 0 saturated carbocycles. The molecule has 7 nitrogen and oxygen atoms in total. The smallest absolute Gasteiger partial charge is 0.308 e. The van der Waals surface area contributed by atoms with Gasteiger partial charge in [-0.15, -0.1) is 11.3 Å². The van der Waals surface area contributed by atoms with Gasteiger partial charge in [-0.2, -0.15) is 4.31 Å². The first-order valence-corrected chi connectivity index (χ1v) is 8.24. The van der Waals surface area contributed by atoms with Crippen LogP contribution in [0.2, 0.25) is 0 Å². The lowest BCUT2D eigenvalue weighted by molar-refractivity contribution is -0.136. The van der Waals surface area contributed by atoms with E-state index in [0.717, 1.165) is 15.6 Å². The minimum atomic E-state index is -3.67. The number of aromatic nitrogens is 1. The number of carbonyl (C=O) groups is 1. The number of aliphatic carboxylic acids is 1. The minimum absolute atomic E-state index is 0.0891. The SMILES string of the molecule is Cc1cc(CN(C)S(=O)(=O)c2ccc(CC(=O)O)s2)no1. The number of carboxylic acid groups (broad SMARTS) is 1. The molecule has 0 radical (unpaired) electrons. The Morgan fingerprint density at radius 3 is 2.76 bits per heavy atom. The summed E-state index contributed by atoms with van der Waals surface area (Å²) in [5.74, 6) is -0.386. The van der Waals surface area contributed by atoms with E-state index in [1.54, 1.807) is 13.0 Å². The van der Waals surface area contributed by atoms with E-state index < -0.39 is 16.0 Å². The summed E-state index contributed by atoms with van der Waals surface area (Å²) in [5.41, 5.74) is 0.515. The Kier molecular flexibility index (Phi) is 4.45. The number of hydrogen-bond donors (Lipinski definition) is 1. The predicted octanol–water partition coefficient (Wildman–Crippen LogP) is 1.49. The zero-order valence-electron chi connectivity index (χ0n) is 11.4. The third-order valence-corrected chi connectivity index (χ3v) is 6.04. The maximum Gasteiger partial charge on any atom is 0.308 e. The Labute approximate surface area is 125 Å². The van der Waals surface area contributed by atoms with Crippen LogP contribution in [0.5, 0.6) is 0 Å². The highest BCUT2D eigenvalue weighted by Crippen LogP contribution is 2.25. The lowest BCUT2D eigenvalue weighted by atomic mass is 10.3. The molecule has 0 bridgehead atoms. The topological polar surface area (TPSA) is 101 Å². The zero-order chi connectivity index (χ0) is 15.6. The molecule has 0 amide bonds. The van der Waals surface area contributed by atoms with E-state index >= 15 is 0 Å². The van der Waals surface area contributed by atoms with Gasteiger partial charge in [-0.1, -0.05) is 5.16 Å². The summed E-state index contributed by atoms with van der Waals surface area (Å²) in [6.45, 7) is 1.81. The largest absolute Gasteiger partial charge is 0.481 e. The van der Waals surface area contributed by atoms with E-state index in [0.29, 0.717) is 16.3 Å². The first kappa shape index (κ1) is 15.7. The van der Waals surface area contributed by atoms with Gasteiger partial charge in [0.25, 0.3) is 10.0 Å². The Morgan fingerprint density at radius 2 is 2.19 bits per heavy atom. The van der Waals surface area contributed by atoms with Crippen LogP contribution in [0.25, 0.3) is 0 Å². The van der Waals surface area contributed by atoms with Crippen molar-refractivity contribution in [2.24, 2.45) is 0 Å². The molecule has 2 aromatic heterocycles. The lowest BCUT2D eigenvalue weighted by Crippen LogP contribution is -2.25. The maximum absolute atomic E-state index is 12.4. The quantitative estimate of drug-likeness (QED) is 0.861. The molecular weight excluding hydrogens is 316 g/mol. The molecule has 0 fully saturated rings. The Morgan fingerprint density at radius 1 is 1.48 bits per heavy atom. The highest BCUT2D eigenvalue weighted by atomic mass is 32.2. The van der Waals surface area contributed by atoms with Gasteiger partial charge >= 0.3 is 5.97 Å². The monoisotopic (exact) mass is 330 g/mol. The molecule has 114 valence electrons. The molecule has 0 spiro atoms. The van der Waals surface area contributed by atoms with E-state index in [9.17, 15) is 13.2 Å². The number of carboxylic acids is 1.